The van der Waals surface area contributed by atoms with E-state index in [-0.39, 0.29) is 4.90 Å². The first kappa shape index (κ1) is 13.8. The topological polar surface area (TPSA) is 60.2 Å². The third-order valence-corrected chi connectivity index (χ3v) is 4.99. The lowest BCUT2D eigenvalue weighted by Crippen LogP contribution is -2.31. The first-order chi connectivity index (χ1) is 9.10. The molecule has 2 N–H and O–H groups in total. The lowest BCUT2D eigenvalue weighted by molar-refractivity contribution is 0.573. The van der Waals surface area contributed by atoms with E-state index in [9.17, 15) is 8.42 Å². The minimum Gasteiger partial charge on any atom is -0.315 e. The summed E-state index contributed by atoms with van der Waals surface area (Å²) >= 11 is 0. The van der Waals surface area contributed by atoms with Gasteiger partial charge in [-0.25, -0.2) is 8.42 Å². The lowest BCUT2D eigenvalue weighted by atomic mass is 10.1. The maximum atomic E-state index is 12.2. The van der Waals surface area contributed by atoms with Crippen LogP contribution in [0.2, 0.25) is 0 Å². The molecular weight excluding hydrogens is 258 g/mol. The largest absolute Gasteiger partial charge is 0.315 e. The molecule has 0 fully saturated rings. The summed E-state index contributed by atoms with van der Waals surface area (Å²) in [5, 5.41) is -0.866. The Morgan fingerprint density at radius 3 is 2.00 bits per heavy atom. The molecule has 2 aromatic rings. The second-order valence-electron chi connectivity index (χ2n) is 4.42. The molecule has 4 heteroatoms. The summed E-state index contributed by atoms with van der Waals surface area (Å²) < 4.78 is 24.5. The molecule has 0 amide bonds. The fraction of sp³-hybridized carbons (Fsp3) is 0.200. The monoisotopic (exact) mass is 275 g/mol. The Labute approximate surface area is 114 Å². The van der Waals surface area contributed by atoms with Crippen LogP contribution >= 0.6 is 0 Å². The zero-order valence-corrected chi connectivity index (χ0v) is 11.4. The highest BCUT2D eigenvalue weighted by atomic mass is 32.2. The Kier molecular flexibility index (Phi) is 4.35. The summed E-state index contributed by atoms with van der Waals surface area (Å²) in [5.74, 6) is 0. The van der Waals surface area contributed by atoms with Crippen molar-refractivity contribution in [1.82, 2.24) is 0 Å². The van der Waals surface area contributed by atoms with Crippen LogP contribution in [0.15, 0.2) is 65.6 Å². The molecule has 1 unspecified atom stereocenters. The summed E-state index contributed by atoms with van der Waals surface area (Å²) in [6.07, 6.45) is 1.08. The average Bonchev–Trinajstić information content (AvgIpc) is 2.46. The molecule has 0 aromatic heterocycles. The number of hydrogen-bond acceptors (Lipinski definition) is 3. The minimum atomic E-state index is -3.43. The van der Waals surface area contributed by atoms with Crippen LogP contribution in [-0.4, -0.2) is 13.8 Å². The van der Waals surface area contributed by atoms with Crippen LogP contribution in [0, 0.1) is 0 Å². The molecule has 2 aromatic carbocycles. The number of sulfone groups is 1. The minimum absolute atomic E-state index is 0.288. The molecule has 0 saturated carbocycles. The van der Waals surface area contributed by atoms with Gasteiger partial charge in [-0.1, -0.05) is 48.5 Å². The molecule has 0 aliphatic carbocycles. The number of nitrogens with two attached hydrogens (primary N) is 1. The van der Waals surface area contributed by atoms with Gasteiger partial charge in [0.05, 0.1) is 4.90 Å². The maximum absolute atomic E-state index is 12.2. The van der Waals surface area contributed by atoms with E-state index in [4.69, 9.17) is 5.73 Å². The molecule has 1 atom stereocenters. The van der Waals surface area contributed by atoms with Crippen molar-refractivity contribution in [3.63, 3.8) is 0 Å². The second-order valence-corrected chi connectivity index (χ2v) is 6.59. The molecule has 0 spiro atoms. The molecule has 2 rings (SSSR count). The van der Waals surface area contributed by atoms with E-state index < -0.39 is 15.2 Å². The highest BCUT2D eigenvalue weighted by Crippen LogP contribution is 2.16. The molecule has 0 radical (unpaired) electrons. The van der Waals surface area contributed by atoms with Crippen LogP contribution < -0.4 is 5.73 Å². The van der Waals surface area contributed by atoms with Gasteiger partial charge in [-0.2, -0.15) is 0 Å². The Bertz CT molecular complexity index is 609. The maximum Gasteiger partial charge on any atom is 0.193 e. The van der Waals surface area contributed by atoms with Crippen LogP contribution in [0.4, 0.5) is 0 Å². The van der Waals surface area contributed by atoms with E-state index in [2.05, 4.69) is 0 Å². The van der Waals surface area contributed by atoms with Gasteiger partial charge in [0, 0.05) is 0 Å². The third kappa shape index (κ3) is 3.43. The van der Waals surface area contributed by atoms with Crippen molar-refractivity contribution in [1.29, 1.82) is 0 Å². The van der Waals surface area contributed by atoms with Gasteiger partial charge in [0.1, 0.15) is 5.37 Å². The molecule has 19 heavy (non-hydrogen) atoms. The van der Waals surface area contributed by atoms with E-state index in [0.717, 1.165) is 5.56 Å². The fourth-order valence-corrected chi connectivity index (χ4v) is 3.21. The van der Waals surface area contributed by atoms with E-state index >= 15 is 0 Å². The summed E-state index contributed by atoms with van der Waals surface area (Å²) in [4.78, 5) is 0.288. The molecule has 0 saturated heterocycles. The van der Waals surface area contributed by atoms with Crippen LogP contribution in [0.5, 0.6) is 0 Å². The van der Waals surface area contributed by atoms with Crippen LogP contribution in [0.3, 0.4) is 0 Å². The van der Waals surface area contributed by atoms with Crippen LogP contribution in [0.1, 0.15) is 12.0 Å². The quantitative estimate of drug-likeness (QED) is 0.911. The highest BCUT2D eigenvalue weighted by Gasteiger charge is 2.23. The summed E-state index contributed by atoms with van der Waals surface area (Å²) in [6, 6.07) is 18.1. The van der Waals surface area contributed by atoms with Gasteiger partial charge in [0.15, 0.2) is 9.84 Å². The van der Waals surface area contributed by atoms with E-state index in [1.165, 1.54) is 0 Å². The summed E-state index contributed by atoms with van der Waals surface area (Å²) in [5.41, 5.74) is 6.94. The normalized spacial score (nSPS) is 13.1. The number of hydrogen-bond donors (Lipinski definition) is 1. The number of benzene rings is 2. The highest BCUT2D eigenvalue weighted by molar-refractivity contribution is 7.92. The summed E-state index contributed by atoms with van der Waals surface area (Å²) in [6.45, 7) is 0. The van der Waals surface area contributed by atoms with Crippen molar-refractivity contribution < 1.29 is 8.42 Å². The van der Waals surface area contributed by atoms with Crippen molar-refractivity contribution >= 4 is 9.84 Å². The van der Waals surface area contributed by atoms with Gasteiger partial charge in [-0.3, -0.25) is 0 Å². The molecule has 0 heterocycles. The zero-order chi connectivity index (χ0) is 13.7. The predicted molar refractivity (Wildman–Crippen MR) is 76.4 cm³/mol. The van der Waals surface area contributed by atoms with E-state index in [1.54, 1.807) is 30.3 Å². The molecule has 0 aliphatic heterocycles. The van der Waals surface area contributed by atoms with Crippen molar-refractivity contribution in [3.8, 4) is 0 Å². The van der Waals surface area contributed by atoms with Gasteiger partial charge >= 0.3 is 0 Å². The second kappa shape index (κ2) is 5.99. The van der Waals surface area contributed by atoms with Gasteiger partial charge in [-0.15, -0.1) is 0 Å². The SMILES string of the molecule is NC(CCc1ccccc1)S(=O)(=O)c1ccccc1. The van der Waals surface area contributed by atoms with Gasteiger partial charge in [0.25, 0.3) is 0 Å². The van der Waals surface area contributed by atoms with Crippen molar-refractivity contribution in [2.45, 2.75) is 23.1 Å². The predicted octanol–water partition coefficient (Wildman–Crippen LogP) is 2.38. The average molecular weight is 275 g/mol. The van der Waals surface area contributed by atoms with Crippen molar-refractivity contribution in [2.75, 3.05) is 0 Å². The number of rotatable bonds is 5. The van der Waals surface area contributed by atoms with Crippen molar-refractivity contribution in [3.05, 3.63) is 66.2 Å². The third-order valence-electron chi connectivity index (χ3n) is 3.03. The first-order valence-electron chi connectivity index (χ1n) is 6.19. The molecule has 3 nitrogen and oxygen atoms in total. The summed E-state index contributed by atoms with van der Waals surface area (Å²) in [7, 11) is -3.43. The lowest BCUT2D eigenvalue weighted by Gasteiger charge is -2.13. The van der Waals surface area contributed by atoms with Gasteiger partial charge in [0.2, 0.25) is 0 Å². The van der Waals surface area contributed by atoms with Crippen LogP contribution in [-0.2, 0) is 16.3 Å². The van der Waals surface area contributed by atoms with E-state index in [0.29, 0.717) is 12.8 Å². The standard InChI is InChI=1S/C15H17NO2S/c16-15(12-11-13-7-3-1-4-8-13)19(17,18)14-9-5-2-6-10-14/h1-10,15H,11-12,16H2. The molecule has 0 bridgehead atoms. The van der Waals surface area contributed by atoms with Crippen molar-refractivity contribution in [2.24, 2.45) is 5.73 Å². The first-order valence-corrected chi connectivity index (χ1v) is 7.74. The van der Waals surface area contributed by atoms with Crippen LogP contribution in [0.25, 0.3) is 0 Å². The molecular formula is C15H17NO2S. The van der Waals surface area contributed by atoms with Gasteiger partial charge in [-0.05, 0) is 30.5 Å². The zero-order valence-electron chi connectivity index (χ0n) is 10.6. The Morgan fingerprint density at radius 2 is 1.42 bits per heavy atom. The Hall–Kier alpha value is -1.65. The molecule has 0 aliphatic rings. The van der Waals surface area contributed by atoms with Gasteiger partial charge < -0.3 is 5.73 Å². The van der Waals surface area contributed by atoms with E-state index in [1.807, 2.05) is 30.3 Å². The fourth-order valence-electron chi connectivity index (χ4n) is 1.89. The molecule has 100 valence electrons. The number of aryl methyl sites for hydroxylation is 1. The Balaban J connectivity index is 2.06. The smallest absolute Gasteiger partial charge is 0.193 e. The Morgan fingerprint density at radius 1 is 0.895 bits per heavy atom.